The Morgan fingerprint density at radius 2 is 1.75 bits per heavy atom. The molecule has 1 heterocycles. The lowest BCUT2D eigenvalue weighted by Crippen LogP contribution is -2.09. The molecule has 0 aliphatic heterocycles. The van der Waals surface area contributed by atoms with Gasteiger partial charge in [-0.3, -0.25) is 0 Å². The molecule has 5 heteroatoms. The highest BCUT2D eigenvalue weighted by Gasteiger charge is 2.15. The van der Waals surface area contributed by atoms with E-state index in [9.17, 15) is 0 Å². The first-order chi connectivity index (χ1) is 7.74. The lowest BCUT2D eigenvalue weighted by atomic mass is 9.96. The van der Waals surface area contributed by atoms with Crippen LogP contribution < -0.4 is 5.73 Å². The second-order valence-electron chi connectivity index (χ2n) is 4.44. The van der Waals surface area contributed by atoms with Crippen molar-refractivity contribution in [2.45, 2.75) is 44.9 Å². The van der Waals surface area contributed by atoms with Crippen molar-refractivity contribution in [1.29, 1.82) is 0 Å². The molecule has 1 aliphatic carbocycles. The van der Waals surface area contributed by atoms with Gasteiger partial charge < -0.3 is 5.73 Å². The third-order valence-electron chi connectivity index (χ3n) is 3.12. The van der Waals surface area contributed by atoms with Crippen molar-refractivity contribution in [3.05, 3.63) is 11.1 Å². The van der Waals surface area contributed by atoms with Crippen LogP contribution in [0.25, 0.3) is 0 Å². The molecular formula is C11H17ClN4. The fourth-order valence-corrected chi connectivity index (χ4v) is 2.51. The van der Waals surface area contributed by atoms with Crippen LogP contribution in [0, 0.1) is 5.92 Å². The van der Waals surface area contributed by atoms with Crippen LogP contribution in [0.2, 0.25) is 5.28 Å². The van der Waals surface area contributed by atoms with Crippen LogP contribution in [0.15, 0.2) is 0 Å². The van der Waals surface area contributed by atoms with Crippen LogP contribution in [0.5, 0.6) is 0 Å². The van der Waals surface area contributed by atoms with E-state index in [1.54, 1.807) is 0 Å². The molecule has 0 aromatic carbocycles. The average Bonchev–Trinajstić information content (AvgIpc) is 2.44. The van der Waals surface area contributed by atoms with Crippen molar-refractivity contribution in [3.8, 4) is 0 Å². The first kappa shape index (κ1) is 11.6. The summed E-state index contributed by atoms with van der Waals surface area (Å²) in [7, 11) is 0. The smallest absolute Gasteiger partial charge is 0.227 e. The topological polar surface area (TPSA) is 64.7 Å². The quantitative estimate of drug-likeness (QED) is 0.807. The van der Waals surface area contributed by atoms with Gasteiger partial charge in [0.05, 0.1) is 0 Å². The molecule has 1 saturated carbocycles. The number of halogens is 1. The zero-order valence-electron chi connectivity index (χ0n) is 9.32. The van der Waals surface area contributed by atoms with E-state index in [4.69, 9.17) is 17.3 Å². The van der Waals surface area contributed by atoms with Crippen LogP contribution in [0.1, 0.15) is 44.3 Å². The SMILES string of the molecule is Nc1nc(Cl)nc(CC2CCCCCC2)n1. The molecule has 88 valence electrons. The van der Waals surface area contributed by atoms with Gasteiger partial charge in [-0.15, -0.1) is 0 Å². The predicted molar refractivity (Wildman–Crippen MR) is 64.1 cm³/mol. The number of nitrogens with two attached hydrogens (primary N) is 1. The fourth-order valence-electron chi connectivity index (χ4n) is 2.33. The monoisotopic (exact) mass is 240 g/mol. The van der Waals surface area contributed by atoms with Gasteiger partial charge in [0.2, 0.25) is 11.2 Å². The van der Waals surface area contributed by atoms with Crippen LogP contribution in [-0.2, 0) is 6.42 Å². The minimum atomic E-state index is 0.205. The van der Waals surface area contributed by atoms with E-state index in [0.717, 1.165) is 12.2 Å². The minimum Gasteiger partial charge on any atom is -0.368 e. The molecule has 0 spiro atoms. The molecule has 1 fully saturated rings. The highest BCUT2D eigenvalue weighted by Crippen LogP contribution is 2.25. The number of hydrogen-bond donors (Lipinski definition) is 1. The Labute approximate surface area is 101 Å². The molecule has 1 aromatic rings. The molecule has 16 heavy (non-hydrogen) atoms. The normalized spacial score (nSPS) is 18.3. The zero-order chi connectivity index (χ0) is 11.4. The van der Waals surface area contributed by atoms with Crippen LogP contribution in [0.4, 0.5) is 5.95 Å². The maximum absolute atomic E-state index is 5.76. The Bertz CT molecular complexity index is 328. The molecule has 2 N–H and O–H groups in total. The second-order valence-corrected chi connectivity index (χ2v) is 4.78. The van der Waals surface area contributed by atoms with Crippen molar-refractivity contribution in [2.75, 3.05) is 5.73 Å². The Morgan fingerprint density at radius 3 is 2.38 bits per heavy atom. The molecule has 1 aromatic heterocycles. The third-order valence-corrected chi connectivity index (χ3v) is 3.29. The van der Waals surface area contributed by atoms with Gasteiger partial charge in [-0.25, -0.2) is 4.98 Å². The molecule has 0 unspecified atom stereocenters. The fraction of sp³-hybridized carbons (Fsp3) is 0.727. The van der Waals surface area contributed by atoms with Crippen LogP contribution in [0.3, 0.4) is 0 Å². The molecule has 2 rings (SSSR count). The Morgan fingerprint density at radius 1 is 1.06 bits per heavy atom. The third kappa shape index (κ3) is 3.30. The average molecular weight is 241 g/mol. The van der Waals surface area contributed by atoms with Gasteiger partial charge in [-0.2, -0.15) is 9.97 Å². The maximum Gasteiger partial charge on any atom is 0.227 e. The molecule has 0 radical (unpaired) electrons. The molecule has 4 nitrogen and oxygen atoms in total. The minimum absolute atomic E-state index is 0.205. The van der Waals surface area contributed by atoms with E-state index in [1.807, 2.05) is 0 Å². The number of aromatic nitrogens is 3. The van der Waals surface area contributed by atoms with E-state index in [-0.39, 0.29) is 11.2 Å². The highest BCUT2D eigenvalue weighted by atomic mass is 35.5. The number of nitrogens with zero attached hydrogens (tertiary/aromatic N) is 3. The van der Waals surface area contributed by atoms with Gasteiger partial charge in [-0.05, 0) is 17.5 Å². The van der Waals surface area contributed by atoms with Gasteiger partial charge >= 0.3 is 0 Å². The Balaban J connectivity index is 2.01. The molecule has 1 aliphatic rings. The number of hydrogen-bond acceptors (Lipinski definition) is 4. The van der Waals surface area contributed by atoms with Crippen molar-refractivity contribution in [1.82, 2.24) is 15.0 Å². The summed E-state index contributed by atoms with van der Waals surface area (Å²) < 4.78 is 0. The summed E-state index contributed by atoms with van der Waals surface area (Å²) in [5, 5.41) is 0.205. The van der Waals surface area contributed by atoms with Crippen LogP contribution in [-0.4, -0.2) is 15.0 Å². The predicted octanol–water partition coefficient (Wildman–Crippen LogP) is 2.62. The number of rotatable bonds is 2. The van der Waals surface area contributed by atoms with E-state index < -0.39 is 0 Å². The first-order valence-corrected chi connectivity index (χ1v) is 6.28. The molecular weight excluding hydrogens is 224 g/mol. The van der Waals surface area contributed by atoms with Gasteiger partial charge in [0.15, 0.2) is 0 Å². The van der Waals surface area contributed by atoms with Gasteiger partial charge in [0.1, 0.15) is 5.82 Å². The molecule has 0 amide bonds. The van der Waals surface area contributed by atoms with Crippen molar-refractivity contribution in [3.63, 3.8) is 0 Å². The standard InChI is InChI=1S/C11H17ClN4/c12-10-14-9(15-11(13)16-10)7-8-5-3-1-2-4-6-8/h8H,1-7H2,(H2,13,14,15,16). The summed E-state index contributed by atoms with van der Waals surface area (Å²) in [5.74, 6) is 1.65. The summed E-state index contributed by atoms with van der Waals surface area (Å²) >= 11 is 5.76. The van der Waals surface area contributed by atoms with Gasteiger partial charge in [0.25, 0.3) is 0 Å². The highest BCUT2D eigenvalue weighted by molar-refractivity contribution is 6.28. The summed E-state index contributed by atoms with van der Waals surface area (Å²) in [5.41, 5.74) is 5.55. The van der Waals surface area contributed by atoms with Crippen molar-refractivity contribution >= 4 is 17.5 Å². The second kappa shape index (κ2) is 5.43. The lowest BCUT2D eigenvalue weighted by molar-refractivity contribution is 0.447. The summed E-state index contributed by atoms with van der Waals surface area (Å²) in [6.07, 6.45) is 8.77. The molecule has 0 bridgehead atoms. The summed E-state index contributed by atoms with van der Waals surface area (Å²) in [6.45, 7) is 0. The van der Waals surface area contributed by atoms with Crippen molar-refractivity contribution in [2.24, 2.45) is 5.92 Å². The summed E-state index contributed by atoms with van der Waals surface area (Å²) in [4.78, 5) is 12.0. The Kier molecular flexibility index (Phi) is 3.93. The van der Waals surface area contributed by atoms with Gasteiger partial charge in [0, 0.05) is 6.42 Å². The number of anilines is 1. The Hall–Kier alpha value is -0.900. The molecule has 0 saturated heterocycles. The van der Waals surface area contributed by atoms with E-state index >= 15 is 0 Å². The summed E-state index contributed by atoms with van der Waals surface area (Å²) in [6, 6.07) is 0. The first-order valence-electron chi connectivity index (χ1n) is 5.90. The molecule has 0 atom stereocenters. The van der Waals surface area contributed by atoms with Gasteiger partial charge in [-0.1, -0.05) is 38.5 Å². The zero-order valence-corrected chi connectivity index (χ0v) is 10.1. The van der Waals surface area contributed by atoms with E-state index in [0.29, 0.717) is 5.92 Å². The van der Waals surface area contributed by atoms with Crippen LogP contribution >= 0.6 is 11.6 Å². The number of nitrogen functional groups attached to an aromatic ring is 1. The lowest BCUT2D eigenvalue weighted by Gasteiger charge is -2.12. The van der Waals surface area contributed by atoms with E-state index in [2.05, 4.69) is 15.0 Å². The van der Waals surface area contributed by atoms with Crippen molar-refractivity contribution < 1.29 is 0 Å². The largest absolute Gasteiger partial charge is 0.368 e. The maximum atomic E-state index is 5.76. The van der Waals surface area contributed by atoms with E-state index in [1.165, 1.54) is 38.5 Å².